The Morgan fingerprint density at radius 3 is 2.29 bits per heavy atom. The van der Waals surface area contributed by atoms with E-state index in [0.717, 1.165) is 5.56 Å². The third kappa shape index (κ3) is 2.09. The maximum Gasteiger partial charge on any atom is 0.183 e. The minimum atomic E-state index is -0.407. The molecule has 4 heteroatoms. The van der Waals surface area contributed by atoms with Gasteiger partial charge in [0.1, 0.15) is 5.82 Å². The van der Waals surface area contributed by atoms with Gasteiger partial charge in [-0.15, -0.1) is 0 Å². The molecule has 0 radical (unpaired) electrons. The minimum Gasteiger partial charge on any atom is -0.347 e. The first-order valence-corrected chi connectivity index (χ1v) is 4.50. The van der Waals surface area contributed by atoms with Crippen LogP contribution in [0.3, 0.4) is 0 Å². The first-order chi connectivity index (χ1) is 6.75. The molecule has 1 aromatic carbocycles. The highest BCUT2D eigenvalue weighted by Gasteiger charge is 2.20. The highest BCUT2D eigenvalue weighted by Crippen LogP contribution is 2.22. The smallest absolute Gasteiger partial charge is 0.183 e. The van der Waals surface area contributed by atoms with Gasteiger partial charge in [-0.2, -0.15) is 0 Å². The summed E-state index contributed by atoms with van der Waals surface area (Å²) >= 11 is 0. The average molecular weight is 197 g/mol. The lowest BCUT2D eigenvalue weighted by molar-refractivity contribution is -0.189. The molecule has 0 unspecified atom stereocenters. The molecule has 2 N–H and O–H groups in total. The van der Waals surface area contributed by atoms with Crippen molar-refractivity contribution in [1.82, 2.24) is 0 Å². The van der Waals surface area contributed by atoms with Crippen molar-refractivity contribution in [2.75, 3.05) is 13.2 Å². The quantitative estimate of drug-likeness (QED) is 0.735. The number of rotatable bonds is 1. The number of halogens is 1. The summed E-state index contributed by atoms with van der Waals surface area (Å²) in [6, 6.07) is 6.01. The zero-order chi connectivity index (χ0) is 9.97. The highest BCUT2D eigenvalue weighted by molar-refractivity contribution is 5.17. The molecule has 0 amide bonds. The molecule has 0 bridgehead atoms. The lowest BCUT2D eigenvalue weighted by Gasteiger charge is -2.27. The van der Waals surface area contributed by atoms with E-state index in [9.17, 15) is 4.39 Å². The van der Waals surface area contributed by atoms with E-state index in [1.54, 1.807) is 12.1 Å². The monoisotopic (exact) mass is 197 g/mol. The SMILES string of the molecule is NC1COC(c2ccc(F)cc2)OC1. The van der Waals surface area contributed by atoms with Crippen LogP contribution in [-0.2, 0) is 9.47 Å². The molecule has 2 rings (SSSR count). The van der Waals surface area contributed by atoms with Gasteiger partial charge in [-0.05, 0) is 12.1 Å². The number of hydrogen-bond acceptors (Lipinski definition) is 3. The Kier molecular flexibility index (Phi) is 2.77. The second-order valence-corrected chi connectivity index (χ2v) is 3.31. The summed E-state index contributed by atoms with van der Waals surface area (Å²) in [6.45, 7) is 0.948. The Hall–Kier alpha value is -0.970. The van der Waals surface area contributed by atoms with Crippen LogP contribution < -0.4 is 5.73 Å². The van der Waals surface area contributed by atoms with Crippen LogP contribution >= 0.6 is 0 Å². The molecule has 0 aliphatic carbocycles. The Labute approximate surface area is 81.6 Å². The van der Waals surface area contributed by atoms with E-state index in [1.165, 1.54) is 12.1 Å². The van der Waals surface area contributed by atoms with Gasteiger partial charge in [0, 0.05) is 5.56 Å². The summed E-state index contributed by atoms with van der Waals surface area (Å²) in [5.41, 5.74) is 6.41. The number of benzene rings is 1. The second kappa shape index (κ2) is 4.04. The molecule has 0 saturated carbocycles. The van der Waals surface area contributed by atoms with E-state index in [1.807, 2.05) is 0 Å². The van der Waals surface area contributed by atoms with Gasteiger partial charge in [0.05, 0.1) is 19.3 Å². The third-order valence-electron chi connectivity index (χ3n) is 2.07. The number of ether oxygens (including phenoxy) is 2. The van der Waals surface area contributed by atoms with E-state index >= 15 is 0 Å². The molecule has 76 valence electrons. The molecule has 0 aromatic heterocycles. The molecule has 0 spiro atoms. The topological polar surface area (TPSA) is 44.5 Å². The number of hydrogen-bond donors (Lipinski definition) is 1. The van der Waals surface area contributed by atoms with E-state index in [-0.39, 0.29) is 11.9 Å². The Balaban J connectivity index is 2.05. The largest absolute Gasteiger partial charge is 0.347 e. The van der Waals surface area contributed by atoms with Gasteiger partial charge in [0.25, 0.3) is 0 Å². The van der Waals surface area contributed by atoms with Crippen LogP contribution in [0.15, 0.2) is 24.3 Å². The van der Waals surface area contributed by atoms with E-state index in [0.29, 0.717) is 13.2 Å². The molecule has 14 heavy (non-hydrogen) atoms. The lowest BCUT2D eigenvalue weighted by Crippen LogP contribution is -2.37. The first-order valence-electron chi connectivity index (χ1n) is 4.50. The van der Waals surface area contributed by atoms with Gasteiger partial charge in [0.2, 0.25) is 0 Å². The summed E-state index contributed by atoms with van der Waals surface area (Å²) in [4.78, 5) is 0. The van der Waals surface area contributed by atoms with E-state index in [4.69, 9.17) is 15.2 Å². The predicted octanol–water partition coefficient (Wildman–Crippen LogP) is 1.20. The van der Waals surface area contributed by atoms with Gasteiger partial charge < -0.3 is 15.2 Å². The third-order valence-corrected chi connectivity index (χ3v) is 2.07. The van der Waals surface area contributed by atoms with Crippen molar-refractivity contribution in [2.24, 2.45) is 5.73 Å². The van der Waals surface area contributed by atoms with Crippen LogP contribution in [0.4, 0.5) is 4.39 Å². The highest BCUT2D eigenvalue weighted by atomic mass is 19.1. The first kappa shape index (κ1) is 9.58. The van der Waals surface area contributed by atoms with Crippen LogP contribution in [0, 0.1) is 5.82 Å². The molecule has 1 aliphatic rings. The zero-order valence-corrected chi connectivity index (χ0v) is 7.65. The van der Waals surface area contributed by atoms with Crippen LogP contribution in [-0.4, -0.2) is 19.3 Å². The van der Waals surface area contributed by atoms with Crippen molar-refractivity contribution in [3.63, 3.8) is 0 Å². The van der Waals surface area contributed by atoms with Crippen molar-refractivity contribution in [2.45, 2.75) is 12.3 Å². The van der Waals surface area contributed by atoms with Crippen molar-refractivity contribution in [3.05, 3.63) is 35.6 Å². The molecular weight excluding hydrogens is 185 g/mol. The van der Waals surface area contributed by atoms with E-state index < -0.39 is 6.29 Å². The van der Waals surface area contributed by atoms with E-state index in [2.05, 4.69) is 0 Å². The van der Waals surface area contributed by atoms with Crippen molar-refractivity contribution < 1.29 is 13.9 Å². The van der Waals surface area contributed by atoms with Gasteiger partial charge in [0.15, 0.2) is 6.29 Å². The minimum absolute atomic E-state index is 0.0632. The lowest BCUT2D eigenvalue weighted by atomic mass is 10.2. The Morgan fingerprint density at radius 2 is 1.71 bits per heavy atom. The predicted molar refractivity (Wildman–Crippen MR) is 49.0 cm³/mol. The standard InChI is InChI=1S/C10H12FNO2/c11-8-3-1-7(2-4-8)10-13-5-9(12)6-14-10/h1-4,9-10H,5-6,12H2. The van der Waals surface area contributed by atoms with Gasteiger partial charge >= 0.3 is 0 Å². The van der Waals surface area contributed by atoms with Crippen molar-refractivity contribution in [1.29, 1.82) is 0 Å². The molecule has 1 aliphatic heterocycles. The number of nitrogens with two attached hydrogens (primary N) is 1. The molecule has 0 atom stereocenters. The molecule has 1 heterocycles. The Bertz CT molecular complexity index is 293. The molecule has 1 fully saturated rings. The maximum absolute atomic E-state index is 12.6. The fraction of sp³-hybridized carbons (Fsp3) is 0.400. The van der Waals surface area contributed by atoms with Crippen molar-refractivity contribution >= 4 is 0 Å². The van der Waals surface area contributed by atoms with Crippen LogP contribution in [0.25, 0.3) is 0 Å². The van der Waals surface area contributed by atoms with Crippen LogP contribution in [0.5, 0.6) is 0 Å². The molecule has 3 nitrogen and oxygen atoms in total. The van der Waals surface area contributed by atoms with Gasteiger partial charge in [-0.25, -0.2) is 4.39 Å². The summed E-state index contributed by atoms with van der Waals surface area (Å²) in [5, 5.41) is 0. The van der Waals surface area contributed by atoms with Crippen molar-refractivity contribution in [3.8, 4) is 0 Å². The van der Waals surface area contributed by atoms with Gasteiger partial charge in [-0.3, -0.25) is 0 Å². The molecule has 1 aromatic rings. The average Bonchev–Trinajstić information content (AvgIpc) is 2.21. The maximum atomic E-state index is 12.6. The van der Waals surface area contributed by atoms with Crippen LogP contribution in [0.1, 0.15) is 11.9 Å². The molecular formula is C10H12FNO2. The zero-order valence-electron chi connectivity index (χ0n) is 7.65. The fourth-order valence-electron chi connectivity index (χ4n) is 1.33. The summed E-state index contributed by atoms with van der Waals surface area (Å²) in [5.74, 6) is -0.263. The van der Waals surface area contributed by atoms with Gasteiger partial charge in [-0.1, -0.05) is 12.1 Å². The Morgan fingerprint density at radius 1 is 1.14 bits per heavy atom. The second-order valence-electron chi connectivity index (χ2n) is 3.31. The van der Waals surface area contributed by atoms with Crippen LogP contribution in [0.2, 0.25) is 0 Å². The summed E-state index contributed by atoms with van der Waals surface area (Å²) < 4.78 is 23.3. The normalized spacial score (nSPS) is 27.6. The summed E-state index contributed by atoms with van der Waals surface area (Å²) in [6.07, 6.45) is -0.407. The molecule has 1 saturated heterocycles. The summed E-state index contributed by atoms with van der Waals surface area (Å²) in [7, 11) is 0. The fourth-order valence-corrected chi connectivity index (χ4v) is 1.33.